The Morgan fingerprint density at radius 2 is 1.58 bits per heavy atom. The van der Waals surface area contributed by atoms with Crippen LogP contribution in [0.15, 0.2) is 75.8 Å². The van der Waals surface area contributed by atoms with E-state index < -0.39 is 0 Å². The highest BCUT2D eigenvalue weighted by molar-refractivity contribution is 9.10. The summed E-state index contributed by atoms with van der Waals surface area (Å²) < 4.78 is 6.09. The first kappa shape index (κ1) is 22.3. The normalized spacial score (nSPS) is 10.4. The summed E-state index contributed by atoms with van der Waals surface area (Å²) in [4.78, 5) is 36.4. The zero-order valence-electron chi connectivity index (χ0n) is 16.7. The maximum atomic E-state index is 12.3. The minimum atomic E-state index is -0.228. The van der Waals surface area contributed by atoms with E-state index in [-0.39, 0.29) is 30.7 Å². The van der Waals surface area contributed by atoms with Crippen molar-refractivity contribution in [2.75, 3.05) is 6.54 Å². The van der Waals surface area contributed by atoms with Crippen LogP contribution in [0.1, 0.15) is 38.5 Å². The summed E-state index contributed by atoms with van der Waals surface area (Å²) in [7, 11) is 0. The second-order valence-electron chi connectivity index (χ2n) is 6.75. The van der Waals surface area contributed by atoms with E-state index in [1.807, 2.05) is 6.07 Å². The van der Waals surface area contributed by atoms with Crippen molar-refractivity contribution in [1.29, 1.82) is 0 Å². The molecule has 0 fully saturated rings. The third kappa shape index (κ3) is 7.11. The second kappa shape index (κ2) is 11.1. The van der Waals surface area contributed by atoms with Crippen molar-refractivity contribution in [2.24, 2.45) is 0 Å². The van der Waals surface area contributed by atoms with Gasteiger partial charge in [-0.05, 0) is 54.1 Å². The molecule has 8 heteroatoms. The van der Waals surface area contributed by atoms with E-state index in [4.69, 9.17) is 4.42 Å². The maximum Gasteiger partial charge on any atom is 0.251 e. The quantitative estimate of drug-likeness (QED) is 0.434. The first-order valence-corrected chi connectivity index (χ1v) is 10.5. The third-order valence-electron chi connectivity index (χ3n) is 4.43. The largest absolute Gasteiger partial charge is 0.467 e. The van der Waals surface area contributed by atoms with Gasteiger partial charge < -0.3 is 20.4 Å². The molecule has 0 bridgehead atoms. The first-order chi connectivity index (χ1) is 15.0. The van der Waals surface area contributed by atoms with Gasteiger partial charge in [0.2, 0.25) is 5.91 Å². The molecule has 0 unspecified atom stereocenters. The Kier molecular flexibility index (Phi) is 8.00. The Labute approximate surface area is 188 Å². The monoisotopic (exact) mass is 483 g/mol. The summed E-state index contributed by atoms with van der Waals surface area (Å²) in [6, 6.07) is 17.6. The van der Waals surface area contributed by atoms with Crippen LogP contribution < -0.4 is 16.0 Å². The number of benzene rings is 2. The summed E-state index contributed by atoms with van der Waals surface area (Å²) in [5.41, 5.74) is 1.84. The predicted octanol–water partition coefficient (Wildman–Crippen LogP) is 3.41. The average molecular weight is 484 g/mol. The van der Waals surface area contributed by atoms with Gasteiger partial charge in [-0.15, -0.1) is 0 Å². The molecule has 2 aromatic carbocycles. The van der Waals surface area contributed by atoms with Crippen LogP contribution >= 0.6 is 15.9 Å². The smallest absolute Gasteiger partial charge is 0.251 e. The molecular weight excluding hydrogens is 462 g/mol. The summed E-state index contributed by atoms with van der Waals surface area (Å²) in [6.45, 7) is 0.827. The van der Waals surface area contributed by atoms with Crippen molar-refractivity contribution < 1.29 is 18.8 Å². The number of nitrogens with one attached hydrogen (secondary N) is 3. The molecule has 1 aromatic heterocycles. The van der Waals surface area contributed by atoms with Crippen LogP contribution in [0.25, 0.3) is 0 Å². The number of halogens is 1. The standard InChI is InChI=1S/C23H22BrN3O4/c24-19-8-6-17(7-9-19)22(29)25-11-10-21(28)26-14-16-3-1-4-18(13-16)23(30)27-15-20-5-2-12-31-20/h1-9,12-13H,10-11,14-15H2,(H,25,29)(H,26,28)(H,27,30). The lowest BCUT2D eigenvalue weighted by Crippen LogP contribution is -2.30. The van der Waals surface area contributed by atoms with Crippen molar-refractivity contribution >= 4 is 33.7 Å². The van der Waals surface area contributed by atoms with Gasteiger partial charge in [0.05, 0.1) is 12.8 Å². The van der Waals surface area contributed by atoms with E-state index in [2.05, 4.69) is 31.9 Å². The fourth-order valence-corrected chi connectivity index (χ4v) is 3.05. The topological polar surface area (TPSA) is 100 Å². The molecule has 160 valence electrons. The summed E-state index contributed by atoms with van der Waals surface area (Å²) >= 11 is 3.32. The molecule has 0 atom stereocenters. The SMILES string of the molecule is O=C(CCNC(=O)c1ccc(Br)cc1)NCc1cccc(C(=O)NCc2ccco2)c1. The molecule has 3 N–H and O–H groups in total. The van der Waals surface area contributed by atoms with Gasteiger partial charge in [0.15, 0.2) is 0 Å². The lowest BCUT2D eigenvalue weighted by molar-refractivity contribution is -0.121. The van der Waals surface area contributed by atoms with E-state index in [1.165, 1.54) is 0 Å². The molecule has 31 heavy (non-hydrogen) atoms. The van der Waals surface area contributed by atoms with Crippen LogP contribution in [0, 0.1) is 0 Å². The van der Waals surface area contributed by atoms with Crippen LogP contribution in [-0.4, -0.2) is 24.3 Å². The third-order valence-corrected chi connectivity index (χ3v) is 4.95. The maximum absolute atomic E-state index is 12.3. The molecule has 0 saturated carbocycles. The fraction of sp³-hybridized carbons (Fsp3) is 0.174. The van der Waals surface area contributed by atoms with Crippen molar-refractivity contribution in [3.8, 4) is 0 Å². The number of hydrogen-bond donors (Lipinski definition) is 3. The number of hydrogen-bond acceptors (Lipinski definition) is 4. The van der Waals surface area contributed by atoms with E-state index in [0.29, 0.717) is 30.0 Å². The highest BCUT2D eigenvalue weighted by Gasteiger charge is 2.09. The van der Waals surface area contributed by atoms with Crippen LogP contribution in [0.5, 0.6) is 0 Å². The second-order valence-corrected chi connectivity index (χ2v) is 7.67. The molecule has 3 rings (SSSR count). The highest BCUT2D eigenvalue weighted by atomic mass is 79.9. The molecule has 7 nitrogen and oxygen atoms in total. The highest BCUT2D eigenvalue weighted by Crippen LogP contribution is 2.10. The van der Waals surface area contributed by atoms with Crippen LogP contribution in [0.4, 0.5) is 0 Å². The number of furan rings is 1. The predicted molar refractivity (Wildman–Crippen MR) is 119 cm³/mol. The van der Waals surface area contributed by atoms with Gasteiger partial charge in [0.25, 0.3) is 11.8 Å². The Hall–Kier alpha value is -3.39. The molecule has 0 radical (unpaired) electrons. The molecule has 0 aliphatic heterocycles. The van der Waals surface area contributed by atoms with Crippen molar-refractivity contribution in [3.05, 3.63) is 93.9 Å². The Morgan fingerprint density at radius 1 is 0.806 bits per heavy atom. The van der Waals surface area contributed by atoms with Gasteiger partial charge in [-0.25, -0.2) is 0 Å². The van der Waals surface area contributed by atoms with Gasteiger partial charge in [0.1, 0.15) is 5.76 Å². The summed E-state index contributed by atoms with van der Waals surface area (Å²) in [5, 5.41) is 8.30. The number of amides is 3. The van der Waals surface area contributed by atoms with Gasteiger partial charge in [-0.1, -0.05) is 28.1 Å². The molecule has 3 amide bonds. The van der Waals surface area contributed by atoms with Gasteiger partial charge in [-0.2, -0.15) is 0 Å². The number of carbonyl (C=O) groups is 3. The molecule has 0 spiro atoms. The lowest BCUT2D eigenvalue weighted by Gasteiger charge is -2.09. The molecule has 3 aromatic rings. The van der Waals surface area contributed by atoms with Crippen LogP contribution in [-0.2, 0) is 17.9 Å². The lowest BCUT2D eigenvalue weighted by atomic mass is 10.1. The van der Waals surface area contributed by atoms with Crippen molar-refractivity contribution in [1.82, 2.24) is 16.0 Å². The minimum Gasteiger partial charge on any atom is -0.467 e. The van der Waals surface area contributed by atoms with Crippen LogP contribution in [0.3, 0.4) is 0 Å². The van der Waals surface area contributed by atoms with Crippen molar-refractivity contribution in [2.45, 2.75) is 19.5 Å². The first-order valence-electron chi connectivity index (χ1n) is 9.71. The van der Waals surface area contributed by atoms with Gasteiger partial charge in [-0.3, -0.25) is 14.4 Å². The summed E-state index contributed by atoms with van der Waals surface area (Å²) in [5.74, 6) is 0.0292. The van der Waals surface area contributed by atoms with Gasteiger partial charge >= 0.3 is 0 Å². The Bertz CT molecular complexity index is 1030. The number of rotatable bonds is 9. The molecule has 0 saturated heterocycles. The van der Waals surface area contributed by atoms with Gasteiger partial charge in [0, 0.05) is 35.1 Å². The van der Waals surface area contributed by atoms with E-state index >= 15 is 0 Å². The minimum absolute atomic E-state index is 0.158. The Morgan fingerprint density at radius 3 is 2.32 bits per heavy atom. The Balaban J connectivity index is 1.40. The molecular formula is C23H22BrN3O4. The average Bonchev–Trinajstić information content (AvgIpc) is 3.30. The number of carbonyl (C=O) groups excluding carboxylic acids is 3. The zero-order chi connectivity index (χ0) is 22.1. The summed E-state index contributed by atoms with van der Waals surface area (Å²) in [6.07, 6.45) is 1.71. The van der Waals surface area contributed by atoms with E-state index in [9.17, 15) is 14.4 Å². The molecule has 0 aliphatic rings. The van der Waals surface area contributed by atoms with Crippen LogP contribution in [0.2, 0.25) is 0 Å². The zero-order valence-corrected chi connectivity index (χ0v) is 18.3. The van der Waals surface area contributed by atoms with Crippen molar-refractivity contribution in [3.63, 3.8) is 0 Å². The fourth-order valence-electron chi connectivity index (χ4n) is 2.79. The van der Waals surface area contributed by atoms with E-state index in [1.54, 1.807) is 60.9 Å². The van der Waals surface area contributed by atoms with E-state index in [0.717, 1.165) is 10.0 Å². The molecule has 1 heterocycles. The molecule has 0 aliphatic carbocycles.